The number of carboxylic acids is 1. The Kier molecular flexibility index (Phi) is 5.38. The summed E-state index contributed by atoms with van der Waals surface area (Å²) in [6.45, 7) is 0.508. The molecule has 29 heavy (non-hydrogen) atoms. The molecule has 0 amide bonds. The Hall–Kier alpha value is -3.86. The molecule has 4 aromatic rings. The Morgan fingerprint density at radius 3 is 2.34 bits per heavy atom. The molecule has 0 saturated heterocycles. The van der Waals surface area contributed by atoms with Crippen LogP contribution in [0.5, 0.6) is 11.5 Å². The summed E-state index contributed by atoms with van der Waals surface area (Å²) in [7, 11) is 0. The van der Waals surface area contributed by atoms with Gasteiger partial charge in [0.25, 0.3) is 0 Å². The number of carboxylic acid groups (broad SMARTS) is 1. The number of para-hydroxylation sites is 1. The van der Waals surface area contributed by atoms with E-state index in [-0.39, 0.29) is 12.2 Å². The average molecular weight is 385 g/mol. The molecule has 4 rings (SSSR count). The number of nitrogens with zero attached hydrogens (tertiary/aromatic N) is 1. The minimum atomic E-state index is -0.968. The Labute approximate surface area is 168 Å². The zero-order valence-electron chi connectivity index (χ0n) is 15.6. The van der Waals surface area contributed by atoms with Crippen LogP contribution in [0.15, 0.2) is 84.9 Å². The van der Waals surface area contributed by atoms with Gasteiger partial charge in [0.05, 0.1) is 16.8 Å². The minimum Gasteiger partial charge on any atom is -0.489 e. The van der Waals surface area contributed by atoms with Crippen LogP contribution in [0.3, 0.4) is 0 Å². The van der Waals surface area contributed by atoms with Gasteiger partial charge >= 0.3 is 5.97 Å². The van der Waals surface area contributed by atoms with E-state index in [9.17, 15) is 9.90 Å². The van der Waals surface area contributed by atoms with E-state index in [1.54, 1.807) is 30.3 Å². The van der Waals surface area contributed by atoms with E-state index in [0.717, 1.165) is 16.6 Å². The van der Waals surface area contributed by atoms with E-state index < -0.39 is 5.97 Å². The Morgan fingerprint density at radius 2 is 1.52 bits per heavy atom. The van der Waals surface area contributed by atoms with Crippen molar-refractivity contribution in [3.05, 3.63) is 102 Å². The summed E-state index contributed by atoms with van der Waals surface area (Å²) in [5.74, 6) is 0.294. The number of fused-ring (bicyclic) bond motifs is 1. The van der Waals surface area contributed by atoms with Crippen molar-refractivity contribution in [1.82, 2.24) is 4.98 Å². The molecular weight excluding hydrogens is 366 g/mol. The van der Waals surface area contributed by atoms with Crippen molar-refractivity contribution < 1.29 is 19.4 Å². The first kappa shape index (κ1) is 18.5. The van der Waals surface area contributed by atoms with Crippen LogP contribution in [0.25, 0.3) is 10.9 Å². The molecule has 5 heteroatoms. The highest BCUT2D eigenvalue weighted by molar-refractivity contribution is 5.89. The second kappa shape index (κ2) is 8.44. The predicted octanol–water partition coefficient (Wildman–Crippen LogP) is 5.09. The second-order valence-electron chi connectivity index (χ2n) is 6.51. The quantitative estimate of drug-likeness (QED) is 0.480. The first-order chi connectivity index (χ1) is 14.2. The van der Waals surface area contributed by atoms with Crippen LogP contribution in [0.2, 0.25) is 0 Å². The SMILES string of the molecule is O=C(O)c1ccccc1COc1cccc(OCc2ccc3ccccc3n2)c1. The van der Waals surface area contributed by atoms with Crippen LogP contribution in [0.4, 0.5) is 0 Å². The Bertz CT molecular complexity index is 1160. The standard InChI is InChI=1S/C24H19NO4/c26-24(27)22-10-3-1-7-18(22)15-28-20-8-5-9-21(14-20)29-16-19-13-12-17-6-2-4-11-23(17)25-19/h1-14H,15-16H2,(H,26,27). The van der Waals surface area contributed by atoms with Gasteiger partial charge in [0.15, 0.2) is 0 Å². The molecule has 0 aliphatic heterocycles. The van der Waals surface area contributed by atoms with Gasteiger partial charge in [0.1, 0.15) is 24.7 Å². The van der Waals surface area contributed by atoms with E-state index in [1.165, 1.54) is 0 Å². The highest BCUT2D eigenvalue weighted by Crippen LogP contribution is 2.22. The third kappa shape index (κ3) is 4.52. The van der Waals surface area contributed by atoms with Crippen molar-refractivity contribution in [3.8, 4) is 11.5 Å². The molecule has 0 spiro atoms. The molecule has 1 heterocycles. The summed E-state index contributed by atoms with van der Waals surface area (Å²) in [6.07, 6.45) is 0. The Balaban J connectivity index is 1.41. The molecular formula is C24H19NO4. The maximum Gasteiger partial charge on any atom is 0.336 e. The van der Waals surface area contributed by atoms with E-state index in [4.69, 9.17) is 9.47 Å². The third-order valence-electron chi connectivity index (χ3n) is 4.49. The summed E-state index contributed by atoms with van der Waals surface area (Å²) in [5, 5.41) is 10.4. The summed E-state index contributed by atoms with van der Waals surface area (Å²) in [6, 6.07) is 26.0. The fourth-order valence-electron chi connectivity index (χ4n) is 3.02. The number of ether oxygens (including phenoxy) is 2. The van der Waals surface area contributed by atoms with Crippen molar-refractivity contribution in [2.24, 2.45) is 0 Å². The van der Waals surface area contributed by atoms with Gasteiger partial charge in [-0.1, -0.05) is 48.5 Å². The molecule has 0 atom stereocenters. The van der Waals surface area contributed by atoms with Crippen LogP contribution >= 0.6 is 0 Å². The number of hydrogen-bond donors (Lipinski definition) is 1. The summed E-state index contributed by atoms with van der Waals surface area (Å²) in [4.78, 5) is 15.9. The van der Waals surface area contributed by atoms with Gasteiger partial charge in [0.2, 0.25) is 0 Å². The fourth-order valence-corrected chi connectivity index (χ4v) is 3.02. The van der Waals surface area contributed by atoms with Crippen LogP contribution in [0, 0.1) is 0 Å². The highest BCUT2D eigenvalue weighted by Gasteiger charge is 2.09. The highest BCUT2D eigenvalue weighted by atomic mass is 16.5. The van der Waals surface area contributed by atoms with E-state index in [1.807, 2.05) is 54.6 Å². The molecule has 0 fully saturated rings. The van der Waals surface area contributed by atoms with Crippen LogP contribution in [0.1, 0.15) is 21.6 Å². The first-order valence-corrected chi connectivity index (χ1v) is 9.20. The zero-order valence-corrected chi connectivity index (χ0v) is 15.6. The molecule has 5 nitrogen and oxygen atoms in total. The number of benzene rings is 3. The van der Waals surface area contributed by atoms with Crippen molar-refractivity contribution >= 4 is 16.9 Å². The summed E-state index contributed by atoms with van der Waals surface area (Å²) >= 11 is 0. The molecule has 1 aromatic heterocycles. The van der Waals surface area contributed by atoms with Gasteiger partial charge in [-0.3, -0.25) is 0 Å². The lowest BCUT2D eigenvalue weighted by atomic mass is 10.1. The summed E-state index contributed by atoms with van der Waals surface area (Å²) in [5.41, 5.74) is 2.63. The van der Waals surface area contributed by atoms with E-state index in [0.29, 0.717) is 23.7 Å². The number of pyridine rings is 1. The van der Waals surface area contributed by atoms with Crippen molar-refractivity contribution in [3.63, 3.8) is 0 Å². The Morgan fingerprint density at radius 1 is 0.793 bits per heavy atom. The molecule has 3 aromatic carbocycles. The third-order valence-corrected chi connectivity index (χ3v) is 4.49. The zero-order chi connectivity index (χ0) is 20.1. The predicted molar refractivity (Wildman–Crippen MR) is 110 cm³/mol. The van der Waals surface area contributed by atoms with Gasteiger partial charge in [-0.05, 0) is 30.3 Å². The molecule has 0 aliphatic carbocycles. The normalized spacial score (nSPS) is 10.6. The summed E-state index contributed by atoms with van der Waals surface area (Å²) < 4.78 is 11.6. The number of hydrogen-bond acceptors (Lipinski definition) is 4. The van der Waals surface area contributed by atoms with Gasteiger partial charge < -0.3 is 14.6 Å². The maximum atomic E-state index is 11.3. The number of rotatable bonds is 7. The lowest BCUT2D eigenvalue weighted by Crippen LogP contribution is -2.05. The van der Waals surface area contributed by atoms with E-state index in [2.05, 4.69) is 4.98 Å². The lowest BCUT2D eigenvalue weighted by molar-refractivity contribution is 0.0694. The topological polar surface area (TPSA) is 68.7 Å². The molecule has 1 N–H and O–H groups in total. The monoisotopic (exact) mass is 385 g/mol. The van der Waals surface area contributed by atoms with Gasteiger partial charge in [-0.2, -0.15) is 0 Å². The largest absolute Gasteiger partial charge is 0.489 e. The maximum absolute atomic E-state index is 11.3. The second-order valence-corrected chi connectivity index (χ2v) is 6.51. The van der Waals surface area contributed by atoms with Crippen LogP contribution < -0.4 is 9.47 Å². The van der Waals surface area contributed by atoms with Crippen LogP contribution in [-0.4, -0.2) is 16.1 Å². The molecule has 0 bridgehead atoms. The molecule has 0 saturated carbocycles. The van der Waals surface area contributed by atoms with E-state index >= 15 is 0 Å². The molecule has 0 unspecified atom stereocenters. The number of carbonyl (C=O) groups is 1. The van der Waals surface area contributed by atoms with Crippen molar-refractivity contribution in [1.29, 1.82) is 0 Å². The average Bonchev–Trinajstić information content (AvgIpc) is 2.76. The van der Waals surface area contributed by atoms with Crippen LogP contribution in [-0.2, 0) is 13.2 Å². The smallest absolute Gasteiger partial charge is 0.336 e. The molecule has 0 aliphatic rings. The number of aromatic carboxylic acids is 1. The van der Waals surface area contributed by atoms with Crippen molar-refractivity contribution in [2.45, 2.75) is 13.2 Å². The minimum absolute atomic E-state index is 0.165. The van der Waals surface area contributed by atoms with Crippen molar-refractivity contribution in [2.75, 3.05) is 0 Å². The van der Waals surface area contributed by atoms with Gasteiger partial charge in [-0.25, -0.2) is 9.78 Å². The van der Waals surface area contributed by atoms with Gasteiger partial charge in [-0.15, -0.1) is 0 Å². The number of aromatic nitrogens is 1. The molecule has 0 radical (unpaired) electrons. The fraction of sp³-hybridized carbons (Fsp3) is 0.0833. The first-order valence-electron chi connectivity index (χ1n) is 9.20. The van der Waals surface area contributed by atoms with Gasteiger partial charge in [0, 0.05) is 17.0 Å². The molecule has 144 valence electrons. The lowest BCUT2D eigenvalue weighted by Gasteiger charge is -2.11.